The minimum Gasteiger partial charge on any atom is -0.324 e. The number of carbonyl (C=O) groups excluding carboxylic acids is 1. The van der Waals surface area contributed by atoms with Crippen molar-refractivity contribution in [2.75, 3.05) is 5.32 Å². The first-order chi connectivity index (χ1) is 14.0. The van der Waals surface area contributed by atoms with Crippen molar-refractivity contribution < 1.29 is 4.79 Å². The zero-order chi connectivity index (χ0) is 20.8. The Hall–Kier alpha value is -3.08. The average Bonchev–Trinajstić information content (AvgIpc) is 3.11. The van der Waals surface area contributed by atoms with Gasteiger partial charge in [-0.1, -0.05) is 41.6 Å². The van der Waals surface area contributed by atoms with Crippen molar-refractivity contribution >= 4 is 35.0 Å². The smallest absolute Gasteiger partial charge is 0.237 e. The largest absolute Gasteiger partial charge is 0.324 e. The molecule has 0 aliphatic heterocycles. The highest BCUT2D eigenvalue weighted by Gasteiger charge is 2.21. The van der Waals surface area contributed by atoms with E-state index in [2.05, 4.69) is 28.2 Å². The third-order valence-electron chi connectivity index (χ3n) is 4.09. The minimum atomic E-state index is -0.451. The van der Waals surface area contributed by atoms with Crippen LogP contribution < -0.4 is 5.32 Å². The normalized spacial score (nSPS) is 11.5. The first kappa shape index (κ1) is 20.6. The third kappa shape index (κ3) is 4.86. The topological polar surface area (TPSA) is 83.6 Å². The average molecular weight is 424 g/mol. The van der Waals surface area contributed by atoms with Gasteiger partial charge in [-0.2, -0.15) is 5.26 Å². The first-order valence-corrected chi connectivity index (χ1v) is 10.1. The van der Waals surface area contributed by atoms with Crippen LogP contribution in [0.15, 0.2) is 66.3 Å². The van der Waals surface area contributed by atoms with Crippen LogP contribution in [-0.4, -0.2) is 25.9 Å². The molecule has 1 amide bonds. The zero-order valence-electron chi connectivity index (χ0n) is 15.7. The van der Waals surface area contributed by atoms with Crippen LogP contribution in [0.3, 0.4) is 0 Å². The lowest BCUT2D eigenvalue weighted by Crippen LogP contribution is -2.23. The van der Waals surface area contributed by atoms with Crippen LogP contribution >= 0.6 is 23.4 Å². The van der Waals surface area contributed by atoms with Gasteiger partial charge in [0.2, 0.25) is 5.91 Å². The zero-order valence-corrected chi connectivity index (χ0v) is 17.2. The SMILES string of the molecule is C=CCn1c(SC(C)C(=O)Nc2ccccc2C#N)nnc1-c1ccc(Cl)cc1. The molecular weight excluding hydrogens is 406 g/mol. The van der Waals surface area contributed by atoms with Gasteiger partial charge >= 0.3 is 0 Å². The summed E-state index contributed by atoms with van der Waals surface area (Å²) < 4.78 is 1.90. The maximum Gasteiger partial charge on any atom is 0.237 e. The Morgan fingerprint density at radius 1 is 1.31 bits per heavy atom. The number of aromatic nitrogens is 3. The molecule has 1 aromatic heterocycles. The summed E-state index contributed by atoms with van der Waals surface area (Å²) in [5.41, 5.74) is 1.77. The molecule has 0 aliphatic rings. The molecule has 1 unspecified atom stereocenters. The highest BCUT2D eigenvalue weighted by atomic mass is 35.5. The van der Waals surface area contributed by atoms with Crippen LogP contribution in [0.5, 0.6) is 0 Å². The van der Waals surface area contributed by atoms with Gasteiger partial charge in [-0.15, -0.1) is 16.8 Å². The van der Waals surface area contributed by atoms with E-state index in [1.54, 1.807) is 49.4 Å². The number of nitriles is 1. The van der Waals surface area contributed by atoms with E-state index in [1.807, 2.05) is 16.7 Å². The lowest BCUT2D eigenvalue weighted by Gasteiger charge is -2.13. The predicted octanol–water partition coefficient (Wildman–Crippen LogP) is 4.78. The number of hydrogen-bond donors (Lipinski definition) is 1. The summed E-state index contributed by atoms with van der Waals surface area (Å²) in [5.74, 6) is 0.449. The highest BCUT2D eigenvalue weighted by molar-refractivity contribution is 8.00. The van der Waals surface area contributed by atoms with E-state index in [-0.39, 0.29) is 5.91 Å². The van der Waals surface area contributed by atoms with Gasteiger partial charge in [-0.05, 0) is 43.3 Å². The van der Waals surface area contributed by atoms with Crippen LogP contribution in [0.2, 0.25) is 5.02 Å². The quantitative estimate of drug-likeness (QED) is 0.437. The molecule has 1 atom stereocenters. The maximum absolute atomic E-state index is 12.6. The lowest BCUT2D eigenvalue weighted by atomic mass is 10.2. The Bertz CT molecular complexity index is 1070. The van der Waals surface area contributed by atoms with Crippen molar-refractivity contribution in [3.63, 3.8) is 0 Å². The summed E-state index contributed by atoms with van der Waals surface area (Å²) in [7, 11) is 0. The van der Waals surface area contributed by atoms with Gasteiger partial charge in [-0.3, -0.25) is 9.36 Å². The maximum atomic E-state index is 12.6. The van der Waals surface area contributed by atoms with Crippen molar-refractivity contribution in [2.45, 2.75) is 23.9 Å². The minimum absolute atomic E-state index is 0.223. The molecule has 3 rings (SSSR count). The van der Waals surface area contributed by atoms with Gasteiger partial charge in [0.1, 0.15) is 6.07 Å². The van der Waals surface area contributed by atoms with Crippen LogP contribution in [0.1, 0.15) is 12.5 Å². The molecule has 2 aromatic carbocycles. The van der Waals surface area contributed by atoms with Crippen molar-refractivity contribution in [1.82, 2.24) is 14.8 Å². The molecule has 29 heavy (non-hydrogen) atoms. The van der Waals surface area contributed by atoms with Crippen LogP contribution in [-0.2, 0) is 11.3 Å². The Labute approximate surface area is 178 Å². The highest BCUT2D eigenvalue weighted by Crippen LogP contribution is 2.28. The second-order valence-electron chi connectivity index (χ2n) is 6.12. The van der Waals surface area contributed by atoms with E-state index in [0.717, 1.165) is 5.56 Å². The summed E-state index contributed by atoms with van der Waals surface area (Å²) >= 11 is 7.26. The molecule has 0 aliphatic carbocycles. The molecule has 6 nitrogen and oxygen atoms in total. The van der Waals surface area contributed by atoms with Crippen LogP contribution in [0.4, 0.5) is 5.69 Å². The second kappa shape index (κ2) is 9.41. The van der Waals surface area contributed by atoms with Gasteiger partial charge in [0, 0.05) is 17.1 Å². The van der Waals surface area contributed by atoms with Crippen LogP contribution in [0.25, 0.3) is 11.4 Å². The van der Waals surface area contributed by atoms with Gasteiger partial charge in [0.25, 0.3) is 0 Å². The molecular formula is C21H18ClN5OS. The fourth-order valence-electron chi connectivity index (χ4n) is 2.62. The van der Waals surface area contributed by atoms with Crippen molar-refractivity contribution in [2.24, 2.45) is 0 Å². The molecule has 0 radical (unpaired) electrons. The first-order valence-electron chi connectivity index (χ1n) is 8.80. The Balaban J connectivity index is 1.80. The molecule has 0 spiro atoms. The molecule has 0 saturated heterocycles. The van der Waals surface area contributed by atoms with E-state index >= 15 is 0 Å². The second-order valence-corrected chi connectivity index (χ2v) is 7.86. The van der Waals surface area contributed by atoms with E-state index in [1.165, 1.54) is 11.8 Å². The van der Waals surface area contributed by atoms with Gasteiger partial charge < -0.3 is 5.32 Å². The number of anilines is 1. The number of thioether (sulfide) groups is 1. The van der Waals surface area contributed by atoms with Gasteiger partial charge in [0.05, 0.1) is 16.5 Å². The summed E-state index contributed by atoms with van der Waals surface area (Å²) in [6.07, 6.45) is 1.75. The number of halogens is 1. The van der Waals surface area contributed by atoms with E-state index in [4.69, 9.17) is 11.6 Å². The van der Waals surface area contributed by atoms with Crippen molar-refractivity contribution in [1.29, 1.82) is 5.26 Å². The standard InChI is InChI=1S/C21H18ClN5OS/c1-3-12-27-19(15-8-10-17(22)11-9-15)25-26-21(27)29-14(2)20(28)24-18-7-5-4-6-16(18)13-23/h3-11,14H,1,12H2,2H3,(H,24,28). The predicted molar refractivity (Wildman–Crippen MR) is 116 cm³/mol. The Morgan fingerprint density at radius 2 is 2.03 bits per heavy atom. The number of nitrogens with one attached hydrogen (secondary N) is 1. The molecule has 0 bridgehead atoms. The summed E-state index contributed by atoms with van der Waals surface area (Å²) in [6, 6.07) is 16.3. The lowest BCUT2D eigenvalue weighted by molar-refractivity contribution is -0.115. The van der Waals surface area contributed by atoms with Crippen molar-refractivity contribution in [3.05, 3.63) is 71.8 Å². The Kier molecular flexibility index (Phi) is 6.70. The van der Waals surface area contributed by atoms with E-state index in [9.17, 15) is 10.1 Å². The molecule has 8 heteroatoms. The number of allylic oxidation sites excluding steroid dienone is 1. The van der Waals surface area contributed by atoms with Crippen molar-refractivity contribution in [3.8, 4) is 17.5 Å². The molecule has 3 aromatic rings. The number of rotatable bonds is 7. The van der Waals surface area contributed by atoms with Crippen LogP contribution in [0, 0.1) is 11.3 Å². The monoisotopic (exact) mass is 423 g/mol. The third-order valence-corrected chi connectivity index (χ3v) is 5.42. The molecule has 1 N–H and O–H groups in total. The molecule has 0 fully saturated rings. The number of hydrogen-bond acceptors (Lipinski definition) is 5. The van der Waals surface area contributed by atoms with E-state index in [0.29, 0.717) is 33.8 Å². The number of amides is 1. The fraction of sp³-hybridized carbons (Fsp3) is 0.143. The summed E-state index contributed by atoms with van der Waals surface area (Å²) in [4.78, 5) is 12.6. The number of nitrogens with zero attached hydrogens (tertiary/aromatic N) is 4. The van der Waals surface area contributed by atoms with Gasteiger partial charge in [-0.25, -0.2) is 0 Å². The Morgan fingerprint density at radius 3 is 2.72 bits per heavy atom. The van der Waals surface area contributed by atoms with Gasteiger partial charge in [0.15, 0.2) is 11.0 Å². The summed E-state index contributed by atoms with van der Waals surface area (Å²) in [6.45, 7) is 6.08. The number of carbonyl (C=O) groups is 1. The number of benzene rings is 2. The fourth-order valence-corrected chi connectivity index (χ4v) is 3.60. The van der Waals surface area contributed by atoms with E-state index < -0.39 is 5.25 Å². The molecule has 146 valence electrons. The molecule has 1 heterocycles. The number of para-hydroxylation sites is 1. The summed E-state index contributed by atoms with van der Waals surface area (Å²) in [5, 5.41) is 21.3. The molecule has 0 saturated carbocycles.